The third-order valence-corrected chi connectivity index (χ3v) is 5.42. The summed E-state index contributed by atoms with van der Waals surface area (Å²) in [5.41, 5.74) is 1.63. The molecule has 1 aliphatic rings. The number of nitrogens with zero attached hydrogens (tertiary/aromatic N) is 5. The van der Waals surface area contributed by atoms with E-state index in [0.717, 1.165) is 31.4 Å². The van der Waals surface area contributed by atoms with Gasteiger partial charge < -0.3 is 4.90 Å². The second-order valence-corrected chi connectivity index (χ2v) is 7.42. The van der Waals surface area contributed by atoms with Crippen LogP contribution in [-0.4, -0.2) is 32.2 Å². The fourth-order valence-electron chi connectivity index (χ4n) is 3.74. The van der Waals surface area contributed by atoms with Gasteiger partial charge in [0.15, 0.2) is 0 Å². The van der Waals surface area contributed by atoms with Gasteiger partial charge in [-0.1, -0.05) is 61.2 Å². The Labute approximate surface area is 169 Å². The molecule has 3 aromatic rings. The minimum atomic E-state index is -0.0267. The van der Waals surface area contributed by atoms with Crippen LogP contribution in [0.15, 0.2) is 54.6 Å². The predicted octanol–water partition coefficient (Wildman–Crippen LogP) is 4.36. The number of benzene rings is 2. The first kappa shape index (κ1) is 18.6. The summed E-state index contributed by atoms with van der Waals surface area (Å²) in [4.78, 5) is 16.5. The first-order valence-corrected chi connectivity index (χ1v) is 10.00. The third-order valence-electron chi connectivity index (χ3n) is 5.09. The lowest BCUT2D eigenvalue weighted by Gasteiger charge is -2.34. The molecular weight excluding hydrogens is 374 g/mol. The number of anilines is 1. The second-order valence-electron chi connectivity index (χ2n) is 7.01. The lowest BCUT2D eigenvalue weighted by atomic mass is 9.93. The summed E-state index contributed by atoms with van der Waals surface area (Å²) < 4.78 is 0. The molecule has 0 aliphatic heterocycles. The van der Waals surface area contributed by atoms with E-state index in [9.17, 15) is 4.79 Å². The first-order valence-electron chi connectivity index (χ1n) is 9.62. The van der Waals surface area contributed by atoms with Gasteiger partial charge in [-0.2, -0.15) is 4.80 Å². The standard InChI is InChI=1S/C21H22ClN5O/c22-19-14-8-7-13-18(19)21-23-25-26(24-21)15-20(28)27(16-9-3-1-4-10-16)17-11-5-2-6-12-17/h1,3-4,7-10,13-14,17H,2,5-6,11-12,15H2. The summed E-state index contributed by atoms with van der Waals surface area (Å²) in [5.74, 6) is 0.392. The molecule has 1 aliphatic carbocycles. The van der Waals surface area contributed by atoms with Gasteiger partial charge in [0.2, 0.25) is 5.82 Å². The molecule has 0 saturated heterocycles. The number of hydrogen-bond donors (Lipinski definition) is 0. The van der Waals surface area contributed by atoms with Crippen LogP contribution in [0.5, 0.6) is 0 Å². The van der Waals surface area contributed by atoms with Crippen molar-refractivity contribution in [2.45, 2.75) is 44.7 Å². The van der Waals surface area contributed by atoms with E-state index in [4.69, 9.17) is 11.6 Å². The van der Waals surface area contributed by atoms with E-state index in [-0.39, 0.29) is 18.5 Å². The van der Waals surface area contributed by atoms with E-state index in [2.05, 4.69) is 15.4 Å². The van der Waals surface area contributed by atoms with Crippen LogP contribution in [0.3, 0.4) is 0 Å². The molecule has 1 fully saturated rings. The first-order chi connectivity index (χ1) is 13.7. The number of para-hydroxylation sites is 1. The molecule has 0 radical (unpaired) electrons. The molecule has 1 saturated carbocycles. The van der Waals surface area contributed by atoms with E-state index in [0.29, 0.717) is 16.4 Å². The molecule has 7 heteroatoms. The summed E-state index contributed by atoms with van der Waals surface area (Å²) in [6.07, 6.45) is 5.59. The highest BCUT2D eigenvalue weighted by atomic mass is 35.5. The summed E-state index contributed by atoms with van der Waals surface area (Å²) >= 11 is 6.21. The average molecular weight is 396 g/mol. The molecule has 2 aromatic carbocycles. The van der Waals surface area contributed by atoms with Crippen molar-refractivity contribution in [2.75, 3.05) is 4.90 Å². The highest BCUT2D eigenvalue weighted by Crippen LogP contribution is 2.28. The summed E-state index contributed by atoms with van der Waals surface area (Å²) in [7, 11) is 0. The third kappa shape index (κ3) is 4.07. The maximum atomic E-state index is 13.2. The molecule has 0 atom stereocenters. The van der Waals surface area contributed by atoms with Crippen LogP contribution in [0.4, 0.5) is 5.69 Å². The highest BCUT2D eigenvalue weighted by molar-refractivity contribution is 6.33. The Bertz CT molecular complexity index is 937. The molecule has 4 rings (SSSR count). The van der Waals surface area contributed by atoms with E-state index in [1.807, 2.05) is 53.4 Å². The van der Waals surface area contributed by atoms with E-state index >= 15 is 0 Å². The monoisotopic (exact) mass is 395 g/mol. The van der Waals surface area contributed by atoms with Gasteiger partial charge in [0.1, 0.15) is 6.54 Å². The number of tetrazole rings is 1. The van der Waals surface area contributed by atoms with Crippen LogP contribution >= 0.6 is 11.6 Å². The SMILES string of the molecule is O=C(Cn1nnc(-c2ccccc2Cl)n1)N(c1ccccc1)C1CCCCC1. The van der Waals surface area contributed by atoms with Crippen LogP contribution in [0.1, 0.15) is 32.1 Å². The van der Waals surface area contributed by atoms with Gasteiger partial charge in [0.05, 0.1) is 5.02 Å². The van der Waals surface area contributed by atoms with Crippen molar-refractivity contribution in [1.82, 2.24) is 20.2 Å². The minimum Gasteiger partial charge on any atom is -0.308 e. The zero-order valence-corrected chi connectivity index (χ0v) is 16.3. The zero-order valence-electron chi connectivity index (χ0n) is 15.5. The lowest BCUT2D eigenvalue weighted by Crippen LogP contribution is -2.43. The molecule has 0 N–H and O–H groups in total. The topological polar surface area (TPSA) is 63.9 Å². The maximum Gasteiger partial charge on any atom is 0.250 e. The smallest absolute Gasteiger partial charge is 0.250 e. The van der Waals surface area contributed by atoms with Gasteiger partial charge in [0, 0.05) is 17.3 Å². The molecule has 0 spiro atoms. The fourth-order valence-corrected chi connectivity index (χ4v) is 3.96. The maximum absolute atomic E-state index is 13.2. The van der Waals surface area contributed by atoms with Crippen LogP contribution < -0.4 is 4.90 Å². The lowest BCUT2D eigenvalue weighted by molar-refractivity contribution is -0.120. The Morgan fingerprint density at radius 3 is 2.50 bits per heavy atom. The Morgan fingerprint density at radius 2 is 1.75 bits per heavy atom. The Kier molecular flexibility index (Phi) is 5.67. The summed E-state index contributed by atoms with van der Waals surface area (Å²) in [6.45, 7) is 0.0445. The normalized spacial score (nSPS) is 14.8. The van der Waals surface area contributed by atoms with Crippen LogP contribution in [0.25, 0.3) is 11.4 Å². The van der Waals surface area contributed by atoms with Gasteiger partial charge in [-0.25, -0.2) is 0 Å². The molecule has 144 valence electrons. The average Bonchev–Trinajstić information content (AvgIpc) is 3.18. The van der Waals surface area contributed by atoms with Crippen molar-refractivity contribution < 1.29 is 4.79 Å². The zero-order chi connectivity index (χ0) is 19.3. The summed E-state index contributed by atoms with van der Waals surface area (Å²) in [6, 6.07) is 17.4. The van der Waals surface area contributed by atoms with Crippen LogP contribution in [0.2, 0.25) is 5.02 Å². The van der Waals surface area contributed by atoms with Crippen molar-refractivity contribution in [3.05, 3.63) is 59.6 Å². The number of amides is 1. The van der Waals surface area contributed by atoms with Crippen molar-refractivity contribution in [3.8, 4) is 11.4 Å². The van der Waals surface area contributed by atoms with E-state index < -0.39 is 0 Å². The van der Waals surface area contributed by atoms with Crippen molar-refractivity contribution in [2.24, 2.45) is 0 Å². The molecular formula is C21H22ClN5O. The van der Waals surface area contributed by atoms with Crippen molar-refractivity contribution in [1.29, 1.82) is 0 Å². The number of halogens is 1. The van der Waals surface area contributed by atoms with E-state index in [1.54, 1.807) is 6.07 Å². The Morgan fingerprint density at radius 1 is 1.04 bits per heavy atom. The number of rotatable bonds is 5. The molecule has 28 heavy (non-hydrogen) atoms. The highest BCUT2D eigenvalue weighted by Gasteiger charge is 2.27. The number of hydrogen-bond acceptors (Lipinski definition) is 4. The fraction of sp³-hybridized carbons (Fsp3) is 0.333. The number of aromatic nitrogens is 4. The van der Waals surface area contributed by atoms with Crippen molar-refractivity contribution in [3.63, 3.8) is 0 Å². The Balaban J connectivity index is 1.56. The molecule has 0 unspecified atom stereocenters. The van der Waals surface area contributed by atoms with E-state index in [1.165, 1.54) is 11.2 Å². The Hall–Kier alpha value is -2.73. The molecule has 1 aromatic heterocycles. The number of carbonyl (C=O) groups is 1. The van der Waals surface area contributed by atoms with Crippen LogP contribution in [0, 0.1) is 0 Å². The predicted molar refractivity (Wildman–Crippen MR) is 109 cm³/mol. The number of carbonyl (C=O) groups excluding carboxylic acids is 1. The van der Waals surface area contributed by atoms with Gasteiger partial charge in [-0.3, -0.25) is 4.79 Å². The molecule has 0 bridgehead atoms. The molecule has 6 nitrogen and oxygen atoms in total. The second kappa shape index (κ2) is 8.52. The summed E-state index contributed by atoms with van der Waals surface area (Å²) in [5, 5.41) is 13.1. The van der Waals surface area contributed by atoms with Gasteiger partial charge in [0.25, 0.3) is 5.91 Å². The quantitative estimate of drug-likeness (QED) is 0.643. The van der Waals surface area contributed by atoms with Crippen LogP contribution in [-0.2, 0) is 11.3 Å². The largest absolute Gasteiger partial charge is 0.308 e. The van der Waals surface area contributed by atoms with Gasteiger partial charge >= 0.3 is 0 Å². The van der Waals surface area contributed by atoms with Gasteiger partial charge in [-0.15, -0.1) is 10.2 Å². The van der Waals surface area contributed by atoms with Crippen molar-refractivity contribution >= 4 is 23.2 Å². The molecule has 1 heterocycles. The molecule has 1 amide bonds. The minimum absolute atomic E-state index is 0.0267. The van der Waals surface area contributed by atoms with Gasteiger partial charge in [-0.05, 0) is 42.3 Å².